The molecule has 0 bridgehead atoms. The van der Waals surface area contributed by atoms with E-state index in [1.165, 1.54) is 17.1 Å². The highest BCUT2D eigenvalue weighted by molar-refractivity contribution is 7.10. The molecule has 1 amide bonds. The average Bonchev–Trinajstić information content (AvgIpc) is 2.89. The molecule has 0 radical (unpaired) electrons. The molecule has 0 aliphatic rings. The predicted octanol–water partition coefficient (Wildman–Crippen LogP) is -0.659. The lowest BCUT2D eigenvalue weighted by Crippen LogP contribution is -2.12. The quantitative estimate of drug-likeness (QED) is 0.732. The van der Waals surface area contributed by atoms with Gasteiger partial charge in [-0.2, -0.15) is 0 Å². The third kappa shape index (κ3) is 2.38. The fraction of sp³-hybridized carbons (Fsp3) is 0.286. The summed E-state index contributed by atoms with van der Waals surface area (Å²) in [7, 11) is 0. The third-order valence-corrected chi connectivity index (χ3v) is 2.31. The van der Waals surface area contributed by atoms with Crippen molar-refractivity contribution < 1.29 is 4.79 Å². The number of carbonyl (C=O) groups excluding carboxylic acids is 1. The average molecular weight is 239 g/mol. The van der Waals surface area contributed by atoms with Crippen LogP contribution in [0.1, 0.15) is 10.5 Å². The molecule has 16 heavy (non-hydrogen) atoms. The SMILES string of the molecule is NCCn1cc(C(=O)Nc2cnns2)nn1. The van der Waals surface area contributed by atoms with Crippen LogP contribution >= 0.6 is 11.5 Å². The van der Waals surface area contributed by atoms with Gasteiger partial charge >= 0.3 is 0 Å². The van der Waals surface area contributed by atoms with Gasteiger partial charge in [0.05, 0.1) is 18.9 Å². The van der Waals surface area contributed by atoms with Crippen molar-refractivity contribution in [2.24, 2.45) is 5.73 Å². The third-order valence-electron chi connectivity index (χ3n) is 1.73. The van der Waals surface area contributed by atoms with Crippen molar-refractivity contribution in [1.82, 2.24) is 24.6 Å². The summed E-state index contributed by atoms with van der Waals surface area (Å²) in [5.41, 5.74) is 5.59. The Morgan fingerprint density at radius 2 is 2.50 bits per heavy atom. The Morgan fingerprint density at radius 1 is 1.62 bits per heavy atom. The highest BCUT2D eigenvalue weighted by Crippen LogP contribution is 2.10. The van der Waals surface area contributed by atoms with Gasteiger partial charge in [-0.15, -0.1) is 10.2 Å². The molecule has 2 heterocycles. The number of hydrogen-bond donors (Lipinski definition) is 2. The maximum Gasteiger partial charge on any atom is 0.278 e. The smallest absolute Gasteiger partial charge is 0.278 e. The van der Waals surface area contributed by atoms with Gasteiger partial charge in [0.25, 0.3) is 5.91 Å². The van der Waals surface area contributed by atoms with E-state index in [1.807, 2.05) is 0 Å². The molecule has 2 aromatic heterocycles. The Kier molecular flexibility index (Phi) is 3.17. The molecule has 0 aromatic carbocycles. The molecule has 0 aliphatic heterocycles. The minimum absolute atomic E-state index is 0.238. The lowest BCUT2D eigenvalue weighted by Gasteiger charge is -1.95. The Morgan fingerprint density at radius 3 is 3.19 bits per heavy atom. The van der Waals surface area contributed by atoms with E-state index < -0.39 is 0 Å². The van der Waals surface area contributed by atoms with Gasteiger partial charge in [0, 0.05) is 18.1 Å². The molecule has 8 nitrogen and oxygen atoms in total. The first-order chi connectivity index (χ1) is 7.79. The Labute approximate surface area is 94.6 Å². The van der Waals surface area contributed by atoms with Crippen LogP contribution in [0.3, 0.4) is 0 Å². The summed E-state index contributed by atoms with van der Waals surface area (Å²) < 4.78 is 5.14. The molecule has 9 heteroatoms. The first-order valence-electron chi connectivity index (χ1n) is 4.48. The van der Waals surface area contributed by atoms with Crippen LogP contribution in [0.4, 0.5) is 5.00 Å². The van der Waals surface area contributed by atoms with Crippen molar-refractivity contribution in [2.75, 3.05) is 11.9 Å². The van der Waals surface area contributed by atoms with Crippen LogP contribution in [0.25, 0.3) is 0 Å². The predicted molar refractivity (Wildman–Crippen MR) is 56.9 cm³/mol. The van der Waals surface area contributed by atoms with Crippen LogP contribution in [-0.2, 0) is 6.54 Å². The molecule has 84 valence electrons. The Hall–Kier alpha value is -1.87. The minimum Gasteiger partial charge on any atom is -0.329 e. The molecular formula is C7H9N7OS. The van der Waals surface area contributed by atoms with Gasteiger partial charge in [-0.1, -0.05) is 9.70 Å². The summed E-state index contributed by atoms with van der Waals surface area (Å²) in [5.74, 6) is -0.339. The topological polar surface area (TPSA) is 112 Å². The molecule has 0 spiro atoms. The zero-order valence-corrected chi connectivity index (χ0v) is 9.02. The van der Waals surface area contributed by atoms with E-state index in [0.717, 1.165) is 11.5 Å². The summed E-state index contributed by atoms with van der Waals surface area (Å²) in [6.07, 6.45) is 3.00. The monoisotopic (exact) mass is 239 g/mol. The van der Waals surface area contributed by atoms with Gasteiger partial charge in [-0.05, 0) is 0 Å². The van der Waals surface area contributed by atoms with Crippen molar-refractivity contribution in [1.29, 1.82) is 0 Å². The second-order valence-electron chi connectivity index (χ2n) is 2.89. The van der Waals surface area contributed by atoms with Crippen LogP contribution in [0.15, 0.2) is 12.4 Å². The summed E-state index contributed by atoms with van der Waals surface area (Å²) in [6, 6.07) is 0. The van der Waals surface area contributed by atoms with Gasteiger partial charge in [0.15, 0.2) is 5.69 Å². The maximum atomic E-state index is 11.6. The number of aromatic nitrogens is 5. The summed E-state index contributed by atoms with van der Waals surface area (Å²) >= 11 is 1.09. The maximum absolute atomic E-state index is 11.6. The van der Waals surface area contributed by atoms with Gasteiger partial charge in [0.2, 0.25) is 0 Å². The number of anilines is 1. The first kappa shape index (κ1) is 10.6. The van der Waals surface area contributed by atoms with Gasteiger partial charge in [-0.25, -0.2) is 0 Å². The van der Waals surface area contributed by atoms with E-state index >= 15 is 0 Å². The first-order valence-corrected chi connectivity index (χ1v) is 5.26. The van der Waals surface area contributed by atoms with Crippen molar-refractivity contribution in [3.05, 3.63) is 18.1 Å². The van der Waals surface area contributed by atoms with Crippen LogP contribution in [-0.4, -0.2) is 37.0 Å². The summed E-state index contributed by atoms with van der Waals surface area (Å²) in [4.78, 5) is 11.6. The van der Waals surface area contributed by atoms with Gasteiger partial charge in [0.1, 0.15) is 5.00 Å². The number of amides is 1. The molecule has 0 fully saturated rings. The number of nitrogens with two attached hydrogens (primary N) is 1. The molecule has 3 N–H and O–H groups in total. The largest absolute Gasteiger partial charge is 0.329 e. The highest BCUT2D eigenvalue weighted by atomic mass is 32.1. The second-order valence-corrected chi connectivity index (χ2v) is 3.68. The highest BCUT2D eigenvalue weighted by Gasteiger charge is 2.11. The lowest BCUT2D eigenvalue weighted by molar-refractivity contribution is 0.102. The lowest BCUT2D eigenvalue weighted by atomic mass is 10.4. The van der Waals surface area contributed by atoms with E-state index in [-0.39, 0.29) is 11.6 Å². The number of nitrogens with one attached hydrogen (secondary N) is 1. The minimum atomic E-state index is -0.339. The zero-order valence-electron chi connectivity index (χ0n) is 8.20. The van der Waals surface area contributed by atoms with E-state index in [0.29, 0.717) is 18.1 Å². The van der Waals surface area contributed by atoms with Crippen molar-refractivity contribution in [3.8, 4) is 0 Å². The molecule has 0 atom stereocenters. The number of nitrogens with zero attached hydrogens (tertiary/aromatic N) is 5. The Balaban J connectivity index is 2.03. The summed E-state index contributed by atoms with van der Waals surface area (Å²) in [6.45, 7) is 0.978. The van der Waals surface area contributed by atoms with Gasteiger partial charge < -0.3 is 11.1 Å². The molecular weight excluding hydrogens is 230 g/mol. The fourth-order valence-electron chi connectivity index (χ4n) is 1.04. The van der Waals surface area contributed by atoms with Gasteiger partial charge in [-0.3, -0.25) is 9.48 Å². The van der Waals surface area contributed by atoms with Crippen LogP contribution in [0, 0.1) is 0 Å². The molecule has 0 saturated heterocycles. The van der Waals surface area contributed by atoms with Crippen LogP contribution < -0.4 is 11.1 Å². The number of hydrogen-bond acceptors (Lipinski definition) is 7. The van der Waals surface area contributed by atoms with Crippen molar-refractivity contribution in [2.45, 2.75) is 6.54 Å². The van der Waals surface area contributed by atoms with Crippen LogP contribution in [0.2, 0.25) is 0 Å². The van der Waals surface area contributed by atoms with Crippen LogP contribution in [0.5, 0.6) is 0 Å². The molecule has 2 aromatic rings. The van der Waals surface area contributed by atoms with E-state index in [9.17, 15) is 4.79 Å². The van der Waals surface area contributed by atoms with E-state index in [2.05, 4.69) is 25.2 Å². The molecule has 2 rings (SSSR count). The number of carbonyl (C=O) groups is 1. The zero-order chi connectivity index (χ0) is 11.4. The summed E-state index contributed by atoms with van der Waals surface area (Å²) in [5, 5.41) is 14.2. The molecule has 0 unspecified atom stereocenters. The van der Waals surface area contributed by atoms with Crippen molar-refractivity contribution in [3.63, 3.8) is 0 Å². The van der Waals surface area contributed by atoms with E-state index in [4.69, 9.17) is 5.73 Å². The standard InChI is InChI=1S/C7H9N7OS/c8-1-2-14-4-5(11-12-14)7(15)10-6-3-9-13-16-6/h3-4H,1-2,8H2,(H,10,15). The molecule has 0 saturated carbocycles. The second kappa shape index (κ2) is 4.77. The molecule has 0 aliphatic carbocycles. The van der Waals surface area contributed by atoms with E-state index in [1.54, 1.807) is 0 Å². The fourth-order valence-corrected chi connectivity index (χ4v) is 1.46. The van der Waals surface area contributed by atoms with Crippen molar-refractivity contribution >= 4 is 22.4 Å². The Bertz CT molecular complexity index is 465. The number of rotatable bonds is 4. The normalized spacial score (nSPS) is 10.3.